The zero-order chi connectivity index (χ0) is 22.4. The van der Waals surface area contributed by atoms with Crippen molar-refractivity contribution in [3.63, 3.8) is 0 Å². The molecule has 162 valence electrons. The minimum Gasteiger partial charge on any atom is -0.384 e. The molecular weight excluding hydrogens is 403 g/mol. The molecule has 0 unspecified atom stereocenters. The molecule has 4 aromatic heterocycles. The normalized spacial score (nSPS) is 14.9. The first-order valence-electron chi connectivity index (χ1n) is 10.8. The number of carbonyl (C=O) groups is 1. The van der Waals surface area contributed by atoms with E-state index in [0.717, 1.165) is 65.1 Å². The van der Waals surface area contributed by atoms with Gasteiger partial charge in [-0.1, -0.05) is 6.07 Å². The molecule has 0 aromatic carbocycles. The molecule has 9 nitrogen and oxygen atoms in total. The SMILES string of the molecule is Bc1c(C2CCN(C(C)=O)CC2)nc2c(-c3ccc(-c4cnn(C)c4)nc3)cnn2c1N. The van der Waals surface area contributed by atoms with Gasteiger partial charge in [0.15, 0.2) is 5.65 Å². The maximum Gasteiger partial charge on any atom is 0.219 e. The van der Waals surface area contributed by atoms with Crippen LogP contribution >= 0.6 is 0 Å². The lowest BCUT2D eigenvalue weighted by atomic mass is 9.83. The number of nitrogens with zero attached hydrogens (tertiary/aromatic N) is 7. The first kappa shape index (κ1) is 20.2. The quantitative estimate of drug-likeness (QED) is 0.483. The third kappa shape index (κ3) is 3.41. The van der Waals surface area contributed by atoms with Crippen LogP contribution in [-0.4, -0.2) is 61.1 Å². The predicted molar refractivity (Wildman–Crippen MR) is 125 cm³/mol. The molecule has 1 amide bonds. The van der Waals surface area contributed by atoms with Crippen molar-refractivity contribution in [1.82, 2.24) is 34.3 Å². The van der Waals surface area contributed by atoms with E-state index in [-0.39, 0.29) is 11.8 Å². The Bertz CT molecular complexity index is 1300. The first-order valence-corrected chi connectivity index (χ1v) is 10.8. The highest BCUT2D eigenvalue weighted by atomic mass is 16.2. The minimum absolute atomic E-state index is 0.128. The lowest BCUT2D eigenvalue weighted by Gasteiger charge is -2.31. The Hall–Kier alpha value is -3.69. The number of aromatic nitrogens is 6. The molecule has 1 aliphatic heterocycles. The number of carbonyl (C=O) groups excluding carboxylic acids is 1. The topological polar surface area (TPSA) is 107 Å². The lowest BCUT2D eigenvalue weighted by molar-refractivity contribution is -0.129. The molecular formula is C22H25BN8O. The zero-order valence-electron chi connectivity index (χ0n) is 18.5. The molecule has 32 heavy (non-hydrogen) atoms. The Kier molecular flexibility index (Phi) is 4.92. The van der Waals surface area contributed by atoms with Crippen LogP contribution in [0.4, 0.5) is 5.82 Å². The van der Waals surface area contributed by atoms with Crippen LogP contribution in [0.25, 0.3) is 28.0 Å². The Morgan fingerprint density at radius 1 is 1.12 bits per heavy atom. The predicted octanol–water partition coefficient (Wildman–Crippen LogP) is 0.758. The number of aryl methyl sites for hydroxylation is 1. The fourth-order valence-corrected chi connectivity index (χ4v) is 4.46. The summed E-state index contributed by atoms with van der Waals surface area (Å²) in [5, 5.41) is 8.71. The van der Waals surface area contributed by atoms with Crippen molar-refractivity contribution in [3.05, 3.63) is 42.6 Å². The second-order valence-electron chi connectivity index (χ2n) is 8.42. The van der Waals surface area contributed by atoms with Gasteiger partial charge >= 0.3 is 0 Å². The van der Waals surface area contributed by atoms with E-state index in [2.05, 4.69) is 15.2 Å². The number of likely N-dealkylation sites (tertiary alicyclic amines) is 1. The monoisotopic (exact) mass is 428 g/mol. The van der Waals surface area contributed by atoms with Crippen molar-refractivity contribution >= 4 is 30.7 Å². The number of fused-ring (bicyclic) bond motifs is 1. The van der Waals surface area contributed by atoms with Gasteiger partial charge in [0, 0.05) is 67.8 Å². The number of rotatable bonds is 3. The van der Waals surface area contributed by atoms with E-state index in [0.29, 0.717) is 5.82 Å². The van der Waals surface area contributed by atoms with Crippen LogP contribution in [0.15, 0.2) is 36.9 Å². The molecule has 0 aliphatic carbocycles. The van der Waals surface area contributed by atoms with Crippen LogP contribution in [0, 0.1) is 0 Å². The van der Waals surface area contributed by atoms with Crippen LogP contribution in [-0.2, 0) is 11.8 Å². The van der Waals surface area contributed by atoms with Gasteiger partial charge < -0.3 is 10.6 Å². The summed E-state index contributed by atoms with van der Waals surface area (Å²) in [4.78, 5) is 23.2. The average Bonchev–Trinajstić information content (AvgIpc) is 3.43. The molecule has 1 aliphatic rings. The second-order valence-corrected chi connectivity index (χ2v) is 8.42. The van der Waals surface area contributed by atoms with E-state index in [4.69, 9.17) is 10.7 Å². The van der Waals surface area contributed by atoms with Crippen LogP contribution < -0.4 is 11.2 Å². The summed E-state index contributed by atoms with van der Waals surface area (Å²) >= 11 is 0. The van der Waals surface area contributed by atoms with Crippen molar-refractivity contribution < 1.29 is 4.79 Å². The standard InChI is InChI=1S/C22H25BN8O/c1-13(32)30-7-5-14(6-8-30)20-19(23)21(24)31-22(28-20)17(11-27-31)15-3-4-18(25-9-15)16-10-26-29(2)12-16/h3-4,9-12,14H,5-8,23-24H2,1-2H3. The van der Waals surface area contributed by atoms with Gasteiger partial charge in [0.2, 0.25) is 5.91 Å². The van der Waals surface area contributed by atoms with E-state index in [1.165, 1.54) is 0 Å². The third-order valence-electron chi connectivity index (χ3n) is 6.37. The van der Waals surface area contributed by atoms with Crippen molar-refractivity contribution in [1.29, 1.82) is 0 Å². The van der Waals surface area contributed by atoms with Gasteiger partial charge in [0.05, 0.1) is 18.1 Å². The smallest absolute Gasteiger partial charge is 0.219 e. The molecule has 0 radical (unpaired) electrons. The maximum atomic E-state index is 11.7. The average molecular weight is 428 g/mol. The van der Waals surface area contributed by atoms with Crippen molar-refractivity contribution in [3.8, 4) is 22.4 Å². The number of hydrogen-bond donors (Lipinski definition) is 1. The van der Waals surface area contributed by atoms with Gasteiger partial charge in [0.25, 0.3) is 0 Å². The number of anilines is 1. The van der Waals surface area contributed by atoms with E-state index in [9.17, 15) is 4.79 Å². The Labute approximate surface area is 186 Å². The number of piperidine rings is 1. The Balaban J connectivity index is 1.51. The van der Waals surface area contributed by atoms with Crippen LogP contribution in [0.1, 0.15) is 31.4 Å². The molecule has 4 aromatic rings. The first-order chi connectivity index (χ1) is 15.4. The molecule has 5 heterocycles. The number of hydrogen-bond acceptors (Lipinski definition) is 6. The molecule has 5 rings (SSSR count). The minimum atomic E-state index is 0.128. The Morgan fingerprint density at radius 2 is 1.91 bits per heavy atom. The van der Waals surface area contributed by atoms with Gasteiger partial charge in [0.1, 0.15) is 13.7 Å². The van der Waals surface area contributed by atoms with E-state index >= 15 is 0 Å². The van der Waals surface area contributed by atoms with Crippen molar-refractivity contribution in [2.24, 2.45) is 7.05 Å². The second kappa shape index (κ2) is 7.78. The number of pyridine rings is 1. The third-order valence-corrected chi connectivity index (χ3v) is 6.37. The van der Waals surface area contributed by atoms with Crippen LogP contribution in [0.3, 0.4) is 0 Å². The highest BCUT2D eigenvalue weighted by Gasteiger charge is 2.26. The highest BCUT2D eigenvalue weighted by Crippen LogP contribution is 2.30. The maximum absolute atomic E-state index is 11.7. The summed E-state index contributed by atoms with van der Waals surface area (Å²) in [5.41, 5.74) is 12.8. The lowest BCUT2D eigenvalue weighted by Crippen LogP contribution is -2.38. The summed E-state index contributed by atoms with van der Waals surface area (Å²) in [6.07, 6.45) is 9.13. The fraction of sp³-hybridized carbons (Fsp3) is 0.318. The van der Waals surface area contributed by atoms with Crippen molar-refractivity contribution in [2.45, 2.75) is 25.7 Å². The van der Waals surface area contributed by atoms with Crippen LogP contribution in [0.5, 0.6) is 0 Å². The summed E-state index contributed by atoms with van der Waals surface area (Å²) in [7, 11) is 3.89. The highest BCUT2D eigenvalue weighted by molar-refractivity contribution is 6.36. The van der Waals surface area contributed by atoms with Gasteiger partial charge in [-0.25, -0.2) is 4.98 Å². The molecule has 2 N–H and O–H groups in total. The van der Waals surface area contributed by atoms with Crippen molar-refractivity contribution in [2.75, 3.05) is 18.8 Å². The summed E-state index contributed by atoms with van der Waals surface area (Å²) in [6.45, 7) is 3.12. The van der Waals surface area contributed by atoms with E-state index in [1.54, 1.807) is 28.5 Å². The molecule has 0 saturated carbocycles. The molecule has 0 spiro atoms. The molecule has 0 bridgehead atoms. The fourth-order valence-electron chi connectivity index (χ4n) is 4.46. The van der Waals surface area contributed by atoms with Gasteiger partial charge in [-0.15, -0.1) is 0 Å². The molecule has 10 heteroatoms. The summed E-state index contributed by atoms with van der Waals surface area (Å²) in [6, 6.07) is 4.00. The number of nitrogens with two attached hydrogens (primary N) is 1. The van der Waals surface area contributed by atoms with Gasteiger partial charge in [-0.05, 0) is 24.4 Å². The number of nitrogen functional groups attached to an aromatic ring is 1. The molecule has 1 fully saturated rings. The number of amides is 1. The van der Waals surface area contributed by atoms with Gasteiger partial charge in [-0.3, -0.25) is 14.5 Å². The molecule has 1 saturated heterocycles. The van der Waals surface area contributed by atoms with E-state index in [1.807, 2.05) is 44.3 Å². The van der Waals surface area contributed by atoms with Gasteiger partial charge in [-0.2, -0.15) is 14.7 Å². The Morgan fingerprint density at radius 3 is 2.53 bits per heavy atom. The molecule has 0 atom stereocenters. The van der Waals surface area contributed by atoms with E-state index < -0.39 is 0 Å². The zero-order valence-corrected chi connectivity index (χ0v) is 18.5. The summed E-state index contributed by atoms with van der Waals surface area (Å²) < 4.78 is 3.46. The summed E-state index contributed by atoms with van der Waals surface area (Å²) in [5.74, 6) is 1.00. The van der Waals surface area contributed by atoms with Crippen LogP contribution in [0.2, 0.25) is 0 Å². The largest absolute Gasteiger partial charge is 0.384 e.